The Labute approximate surface area is 134 Å². The van der Waals surface area contributed by atoms with Crippen LogP contribution in [0.2, 0.25) is 0 Å². The Hall–Kier alpha value is -0.240. The summed E-state index contributed by atoms with van der Waals surface area (Å²) in [5, 5.41) is 3.37. The number of alkyl halides is 1. The van der Waals surface area contributed by atoms with Crippen molar-refractivity contribution in [2.45, 2.75) is 71.8 Å². The number of halogens is 1. The molecule has 3 heteroatoms. The van der Waals surface area contributed by atoms with Crippen LogP contribution >= 0.6 is 11.6 Å². The third-order valence-corrected chi connectivity index (χ3v) is 6.59. The molecule has 4 rings (SSSR count). The third-order valence-electron chi connectivity index (χ3n) is 6.38. The molecule has 0 aromatic heterocycles. The van der Waals surface area contributed by atoms with Crippen LogP contribution in [0.5, 0.6) is 0 Å². The Bertz CT molecular complexity index is 405. The first-order valence-electron chi connectivity index (χ1n) is 8.73. The Kier molecular flexibility index (Phi) is 4.05. The normalized spacial score (nSPS) is 42.3. The number of hydrogen-bond donors (Lipinski definition) is 1. The van der Waals surface area contributed by atoms with Crippen LogP contribution in [0, 0.1) is 28.6 Å². The summed E-state index contributed by atoms with van der Waals surface area (Å²) in [6, 6.07) is 0.232. The van der Waals surface area contributed by atoms with Crippen molar-refractivity contribution in [3.8, 4) is 0 Å². The molecule has 4 saturated carbocycles. The summed E-state index contributed by atoms with van der Waals surface area (Å²) in [7, 11) is 0. The first-order valence-corrected chi connectivity index (χ1v) is 9.26. The predicted octanol–water partition coefficient (Wildman–Crippen LogP) is 4.36. The molecule has 0 aliphatic heterocycles. The van der Waals surface area contributed by atoms with Crippen molar-refractivity contribution in [2.24, 2.45) is 28.6 Å². The second kappa shape index (κ2) is 5.44. The van der Waals surface area contributed by atoms with Gasteiger partial charge in [-0.2, -0.15) is 0 Å². The van der Waals surface area contributed by atoms with Crippen molar-refractivity contribution >= 4 is 17.5 Å². The second-order valence-corrected chi connectivity index (χ2v) is 9.23. The lowest BCUT2D eigenvalue weighted by Gasteiger charge is -2.60. The molecule has 120 valence electrons. The molecule has 0 radical (unpaired) electrons. The van der Waals surface area contributed by atoms with Crippen LogP contribution in [0.4, 0.5) is 0 Å². The third kappa shape index (κ3) is 2.85. The minimum absolute atomic E-state index is 0.0573. The van der Waals surface area contributed by atoms with Gasteiger partial charge in [0.05, 0.1) is 5.41 Å². The molecule has 0 aromatic rings. The molecule has 3 atom stereocenters. The van der Waals surface area contributed by atoms with E-state index in [2.05, 4.69) is 26.1 Å². The monoisotopic (exact) mass is 311 g/mol. The van der Waals surface area contributed by atoms with Gasteiger partial charge in [0.2, 0.25) is 5.91 Å². The maximum absolute atomic E-state index is 13.1. The molecular formula is C18H30ClNO. The molecule has 4 fully saturated rings. The van der Waals surface area contributed by atoms with Crippen molar-refractivity contribution in [3.63, 3.8) is 0 Å². The zero-order chi connectivity index (χ0) is 15.3. The van der Waals surface area contributed by atoms with Gasteiger partial charge in [0.15, 0.2) is 0 Å². The van der Waals surface area contributed by atoms with Crippen LogP contribution in [0.3, 0.4) is 0 Å². The summed E-state index contributed by atoms with van der Waals surface area (Å²) in [4.78, 5) is 13.1. The quantitative estimate of drug-likeness (QED) is 0.751. The fourth-order valence-corrected chi connectivity index (χ4v) is 6.23. The minimum Gasteiger partial charge on any atom is -0.353 e. The molecule has 4 aliphatic rings. The first-order chi connectivity index (χ1) is 9.86. The van der Waals surface area contributed by atoms with E-state index in [-0.39, 0.29) is 11.5 Å². The van der Waals surface area contributed by atoms with Crippen LogP contribution in [-0.2, 0) is 4.79 Å². The van der Waals surface area contributed by atoms with Crippen LogP contribution in [0.1, 0.15) is 65.7 Å². The average molecular weight is 312 g/mol. The average Bonchev–Trinajstić information content (AvgIpc) is 2.34. The molecule has 1 amide bonds. The van der Waals surface area contributed by atoms with E-state index in [0.717, 1.165) is 37.5 Å². The van der Waals surface area contributed by atoms with E-state index in [1.54, 1.807) is 0 Å². The van der Waals surface area contributed by atoms with Crippen molar-refractivity contribution in [1.29, 1.82) is 0 Å². The lowest BCUT2D eigenvalue weighted by Crippen LogP contribution is -2.58. The van der Waals surface area contributed by atoms with E-state index in [9.17, 15) is 4.79 Å². The zero-order valence-electron chi connectivity index (χ0n) is 13.8. The SMILES string of the molecule is CC(C)C(CCCl)NC(=O)C12CC3CC(CC(C)(C3)C1)C2. The van der Waals surface area contributed by atoms with E-state index < -0.39 is 0 Å². The lowest BCUT2D eigenvalue weighted by molar-refractivity contribution is -0.156. The number of carbonyl (C=O) groups excluding carboxylic acids is 1. The minimum atomic E-state index is -0.0573. The highest BCUT2D eigenvalue weighted by molar-refractivity contribution is 6.17. The Morgan fingerprint density at radius 3 is 2.33 bits per heavy atom. The van der Waals surface area contributed by atoms with E-state index in [1.807, 2.05) is 0 Å². The standard InChI is InChI=1S/C18H30ClNO/c1-12(2)15(4-5-19)20-16(21)18-9-13-6-14(10-18)8-17(3,7-13)11-18/h12-15H,4-11H2,1-3H3,(H,20,21). The van der Waals surface area contributed by atoms with Crippen LogP contribution in [0.25, 0.3) is 0 Å². The second-order valence-electron chi connectivity index (χ2n) is 8.85. The van der Waals surface area contributed by atoms with Gasteiger partial charge in [-0.25, -0.2) is 0 Å². The Balaban J connectivity index is 1.75. The Morgan fingerprint density at radius 2 is 1.86 bits per heavy atom. The fraction of sp³-hybridized carbons (Fsp3) is 0.944. The van der Waals surface area contributed by atoms with Crippen LogP contribution < -0.4 is 5.32 Å². The molecule has 0 spiro atoms. The highest BCUT2D eigenvalue weighted by atomic mass is 35.5. The number of rotatable bonds is 5. The summed E-state index contributed by atoms with van der Waals surface area (Å²) in [5.74, 6) is 3.02. The lowest BCUT2D eigenvalue weighted by atomic mass is 9.44. The first kappa shape index (κ1) is 15.6. The van der Waals surface area contributed by atoms with Gasteiger partial charge in [-0.05, 0) is 68.1 Å². The summed E-state index contributed by atoms with van der Waals surface area (Å²) < 4.78 is 0. The van der Waals surface area contributed by atoms with Gasteiger partial charge in [-0.3, -0.25) is 4.79 Å². The highest BCUT2D eigenvalue weighted by Crippen LogP contribution is 2.65. The number of nitrogens with one attached hydrogen (secondary N) is 1. The van der Waals surface area contributed by atoms with Gasteiger partial charge >= 0.3 is 0 Å². The fourth-order valence-electron chi connectivity index (χ4n) is 6.00. The summed E-state index contributed by atoms with van der Waals surface area (Å²) in [6.45, 7) is 6.78. The zero-order valence-corrected chi connectivity index (χ0v) is 14.5. The van der Waals surface area contributed by atoms with Gasteiger partial charge in [-0.15, -0.1) is 11.6 Å². The van der Waals surface area contributed by atoms with Gasteiger partial charge in [0.1, 0.15) is 0 Å². The molecule has 3 unspecified atom stereocenters. The molecule has 0 saturated heterocycles. The maximum Gasteiger partial charge on any atom is 0.226 e. The van der Waals surface area contributed by atoms with Gasteiger partial charge in [0.25, 0.3) is 0 Å². The summed E-state index contributed by atoms with van der Waals surface area (Å²) >= 11 is 5.91. The van der Waals surface area contributed by atoms with Crippen LogP contribution in [0.15, 0.2) is 0 Å². The van der Waals surface area contributed by atoms with Crippen molar-refractivity contribution < 1.29 is 4.79 Å². The molecule has 21 heavy (non-hydrogen) atoms. The molecular weight excluding hydrogens is 282 g/mol. The number of hydrogen-bond acceptors (Lipinski definition) is 1. The van der Waals surface area contributed by atoms with Gasteiger partial charge in [0, 0.05) is 11.9 Å². The van der Waals surface area contributed by atoms with E-state index in [0.29, 0.717) is 23.1 Å². The van der Waals surface area contributed by atoms with Gasteiger partial charge < -0.3 is 5.32 Å². The molecule has 4 aliphatic carbocycles. The van der Waals surface area contributed by atoms with E-state index >= 15 is 0 Å². The highest BCUT2D eigenvalue weighted by Gasteiger charge is 2.58. The number of carbonyl (C=O) groups is 1. The molecule has 4 bridgehead atoms. The largest absolute Gasteiger partial charge is 0.353 e. The summed E-state index contributed by atoms with van der Waals surface area (Å²) in [5.41, 5.74) is 0.375. The topological polar surface area (TPSA) is 29.1 Å². The van der Waals surface area contributed by atoms with E-state index in [4.69, 9.17) is 11.6 Å². The van der Waals surface area contributed by atoms with E-state index in [1.165, 1.54) is 19.3 Å². The van der Waals surface area contributed by atoms with Gasteiger partial charge in [-0.1, -0.05) is 20.8 Å². The number of amides is 1. The van der Waals surface area contributed by atoms with Crippen molar-refractivity contribution in [3.05, 3.63) is 0 Å². The van der Waals surface area contributed by atoms with Crippen molar-refractivity contribution in [1.82, 2.24) is 5.32 Å². The summed E-state index contributed by atoms with van der Waals surface area (Å²) in [6.07, 6.45) is 8.35. The van der Waals surface area contributed by atoms with Crippen molar-refractivity contribution in [2.75, 3.05) is 5.88 Å². The molecule has 2 nitrogen and oxygen atoms in total. The molecule has 1 N–H and O–H groups in total. The molecule has 0 heterocycles. The maximum atomic E-state index is 13.1. The molecule has 0 aromatic carbocycles. The predicted molar refractivity (Wildman–Crippen MR) is 87.3 cm³/mol. The smallest absolute Gasteiger partial charge is 0.226 e. The van der Waals surface area contributed by atoms with Crippen LogP contribution in [-0.4, -0.2) is 17.8 Å². The Morgan fingerprint density at radius 1 is 1.24 bits per heavy atom.